The van der Waals surface area contributed by atoms with Crippen molar-refractivity contribution in [3.8, 4) is 34.3 Å². The predicted octanol–water partition coefficient (Wildman–Crippen LogP) is 1.98. The molecule has 0 amide bonds. The molecule has 0 N–H and O–H groups in total. The fourth-order valence-corrected chi connectivity index (χ4v) is 4.66. The molecule has 5 nitrogen and oxygen atoms in total. The van der Waals surface area contributed by atoms with Crippen molar-refractivity contribution in [2.24, 2.45) is 0 Å². The number of benzene rings is 3. The SMILES string of the molecule is COc1ccc2cc3[n+](cc2c1OCc1cccc(C)c1)CCc1cc2c(cc1-3)OCO2.[Br-]. The van der Waals surface area contributed by atoms with Gasteiger partial charge in [0.2, 0.25) is 12.5 Å². The van der Waals surface area contributed by atoms with Gasteiger partial charge in [-0.3, -0.25) is 0 Å². The first-order valence-corrected chi connectivity index (χ1v) is 10.8. The molecule has 33 heavy (non-hydrogen) atoms. The molecule has 0 bridgehead atoms. The lowest BCUT2D eigenvalue weighted by molar-refractivity contribution is -0.686. The monoisotopic (exact) mass is 505 g/mol. The highest BCUT2D eigenvalue weighted by atomic mass is 79.9. The molecule has 0 atom stereocenters. The van der Waals surface area contributed by atoms with Gasteiger partial charge in [0.1, 0.15) is 6.61 Å². The highest BCUT2D eigenvalue weighted by molar-refractivity contribution is 5.91. The predicted molar refractivity (Wildman–Crippen MR) is 121 cm³/mol. The number of pyridine rings is 1. The van der Waals surface area contributed by atoms with Crippen LogP contribution in [0.2, 0.25) is 0 Å². The standard InChI is InChI=1S/C27H24NO4.BrH/c1-17-4-3-5-18(10-17)15-30-27-22-14-28-9-8-20-12-25-26(32-16-31-25)13-21(20)23(28)11-19(22)6-7-24(27)29-2;/h3-7,10-14H,8-9,15-16H2,1-2H3;1H/q+1;/p-1. The molecular formula is C27H24BrNO4. The van der Waals surface area contributed by atoms with Crippen LogP contribution in [0, 0.1) is 6.92 Å². The summed E-state index contributed by atoms with van der Waals surface area (Å²) in [4.78, 5) is 0. The van der Waals surface area contributed by atoms with Crippen molar-refractivity contribution in [3.63, 3.8) is 0 Å². The van der Waals surface area contributed by atoms with Gasteiger partial charge in [-0.05, 0) is 47.7 Å². The number of rotatable bonds is 4. The highest BCUT2D eigenvalue weighted by Gasteiger charge is 2.28. The second-order valence-corrected chi connectivity index (χ2v) is 8.34. The van der Waals surface area contributed by atoms with E-state index in [0.717, 1.165) is 52.3 Å². The third kappa shape index (κ3) is 3.78. The van der Waals surface area contributed by atoms with Crippen LogP contribution in [-0.4, -0.2) is 13.9 Å². The number of hydrogen-bond donors (Lipinski definition) is 0. The smallest absolute Gasteiger partial charge is 0.231 e. The Morgan fingerprint density at radius 3 is 2.67 bits per heavy atom. The first-order valence-electron chi connectivity index (χ1n) is 10.8. The maximum Gasteiger partial charge on any atom is 0.231 e. The van der Waals surface area contributed by atoms with Crippen molar-refractivity contribution in [1.29, 1.82) is 0 Å². The summed E-state index contributed by atoms with van der Waals surface area (Å²) in [6.07, 6.45) is 3.13. The summed E-state index contributed by atoms with van der Waals surface area (Å²) in [6, 6.07) is 18.9. The minimum absolute atomic E-state index is 0. The fourth-order valence-electron chi connectivity index (χ4n) is 4.66. The van der Waals surface area contributed by atoms with Gasteiger partial charge < -0.3 is 35.9 Å². The Morgan fingerprint density at radius 1 is 1.00 bits per heavy atom. The van der Waals surface area contributed by atoms with E-state index in [-0.39, 0.29) is 23.8 Å². The van der Waals surface area contributed by atoms with Gasteiger partial charge in [0.15, 0.2) is 35.7 Å². The van der Waals surface area contributed by atoms with Crippen LogP contribution in [0.25, 0.3) is 22.0 Å². The normalized spacial score (nSPS) is 13.2. The fraction of sp³-hybridized carbons (Fsp3) is 0.222. The average Bonchev–Trinajstić information content (AvgIpc) is 3.27. The topological polar surface area (TPSA) is 40.8 Å². The van der Waals surface area contributed by atoms with Crippen LogP contribution >= 0.6 is 0 Å². The van der Waals surface area contributed by atoms with Gasteiger partial charge in [-0.15, -0.1) is 0 Å². The molecule has 2 aliphatic rings. The average molecular weight is 506 g/mol. The maximum atomic E-state index is 6.33. The molecule has 0 aliphatic carbocycles. The molecule has 1 aromatic heterocycles. The van der Waals surface area contributed by atoms with Gasteiger partial charge >= 0.3 is 0 Å². The molecular weight excluding hydrogens is 482 g/mol. The van der Waals surface area contributed by atoms with Crippen LogP contribution in [-0.2, 0) is 19.6 Å². The first kappa shape index (κ1) is 21.6. The molecule has 0 spiro atoms. The number of aromatic nitrogens is 1. The Kier molecular flexibility index (Phi) is 5.62. The lowest BCUT2D eigenvalue weighted by atomic mass is 9.95. The van der Waals surface area contributed by atoms with Crippen molar-refractivity contribution >= 4 is 10.8 Å². The van der Waals surface area contributed by atoms with Crippen molar-refractivity contribution in [2.45, 2.75) is 26.5 Å². The summed E-state index contributed by atoms with van der Waals surface area (Å²) in [7, 11) is 1.69. The van der Waals surface area contributed by atoms with E-state index in [2.05, 4.69) is 66.2 Å². The Labute approximate surface area is 203 Å². The minimum atomic E-state index is 0. The largest absolute Gasteiger partial charge is 1.00 e. The Bertz CT molecular complexity index is 1370. The Balaban J connectivity index is 0.00000228. The van der Waals surface area contributed by atoms with Gasteiger partial charge in [0.05, 0.1) is 18.1 Å². The van der Waals surface area contributed by atoms with E-state index in [1.54, 1.807) is 7.11 Å². The number of hydrogen-bond acceptors (Lipinski definition) is 4. The van der Waals surface area contributed by atoms with Crippen LogP contribution in [0.1, 0.15) is 16.7 Å². The van der Waals surface area contributed by atoms with Gasteiger partial charge in [-0.2, -0.15) is 4.57 Å². The maximum absolute atomic E-state index is 6.33. The first-order chi connectivity index (χ1) is 15.7. The van der Waals surface area contributed by atoms with E-state index >= 15 is 0 Å². The van der Waals surface area contributed by atoms with Gasteiger partial charge in [0.25, 0.3) is 0 Å². The molecule has 6 heteroatoms. The zero-order valence-electron chi connectivity index (χ0n) is 18.6. The molecule has 0 radical (unpaired) electrons. The van der Waals surface area contributed by atoms with Gasteiger partial charge in [-0.1, -0.05) is 29.8 Å². The second kappa shape index (κ2) is 8.60. The number of methoxy groups -OCH3 is 1. The van der Waals surface area contributed by atoms with Crippen molar-refractivity contribution < 1.29 is 40.5 Å². The third-order valence-electron chi connectivity index (χ3n) is 6.26. The van der Waals surface area contributed by atoms with Crippen LogP contribution in [0.3, 0.4) is 0 Å². The summed E-state index contributed by atoms with van der Waals surface area (Å²) in [5.74, 6) is 3.17. The van der Waals surface area contributed by atoms with Crippen LogP contribution in [0.5, 0.6) is 23.0 Å². The number of aryl methyl sites for hydroxylation is 3. The lowest BCUT2D eigenvalue weighted by Crippen LogP contribution is -3.00. The molecule has 0 saturated carbocycles. The van der Waals surface area contributed by atoms with Crippen molar-refractivity contribution in [3.05, 3.63) is 77.5 Å². The molecule has 4 aromatic rings. The van der Waals surface area contributed by atoms with Crippen molar-refractivity contribution in [2.75, 3.05) is 13.9 Å². The molecule has 0 fully saturated rings. The summed E-state index contributed by atoms with van der Waals surface area (Å²) >= 11 is 0. The van der Waals surface area contributed by atoms with E-state index in [9.17, 15) is 0 Å². The van der Waals surface area contributed by atoms with Gasteiger partial charge in [0, 0.05) is 12.5 Å². The molecule has 2 aliphatic heterocycles. The lowest BCUT2D eigenvalue weighted by Gasteiger charge is -2.18. The Morgan fingerprint density at radius 2 is 1.85 bits per heavy atom. The summed E-state index contributed by atoms with van der Waals surface area (Å²) < 4.78 is 25.5. The zero-order valence-corrected chi connectivity index (χ0v) is 20.1. The van der Waals surface area contributed by atoms with E-state index < -0.39 is 0 Å². The van der Waals surface area contributed by atoms with Crippen LogP contribution < -0.4 is 40.5 Å². The molecule has 3 aromatic carbocycles. The number of nitrogens with zero attached hydrogens (tertiary/aromatic N) is 1. The molecule has 0 unspecified atom stereocenters. The van der Waals surface area contributed by atoms with Gasteiger partial charge in [-0.25, -0.2) is 0 Å². The van der Waals surface area contributed by atoms with Crippen molar-refractivity contribution in [1.82, 2.24) is 0 Å². The highest BCUT2D eigenvalue weighted by Crippen LogP contribution is 2.41. The molecule has 0 saturated heterocycles. The molecule has 3 heterocycles. The van der Waals surface area contributed by atoms with E-state index in [1.165, 1.54) is 22.4 Å². The van der Waals surface area contributed by atoms with E-state index in [4.69, 9.17) is 18.9 Å². The van der Waals surface area contributed by atoms with E-state index in [1.807, 2.05) is 6.07 Å². The number of halogens is 1. The zero-order chi connectivity index (χ0) is 21.7. The summed E-state index contributed by atoms with van der Waals surface area (Å²) in [5.41, 5.74) is 6.02. The second-order valence-electron chi connectivity index (χ2n) is 8.34. The minimum Gasteiger partial charge on any atom is -1.00 e. The summed E-state index contributed by atoms with van der Waals surface area (Å²) in [5, 5.41) is 2.16. The van der Waals surface area contributed by atoms with Crippen LogP contribution in [0.4, 0.5) is 0 Å². The van der Waals surface area contributed by atoms with Crippen LogP contribution in [0.15, 0.2) is 60.8 Å². The quantitative estimate of drug-likeness (QED) is 0.397. The molecule has 168 valence electrons. The van der Waals surface area contributed by atoms with E-state index in [0.29, 0.717) is 6.61 Å². The number of ether oxygens (including phenoxy) is 4. The molecule has 6 rings (SSSR count). The third-order valence-corrected chi connectivity index (χ3v) is 6.26. The number of fused-ring (bicyclic) bond motifs is 5. The Hall–Kier alpha value is -3.25. The summed E-state index contributed by atoms with van der Waals surface area (Å²) in [6.45, 7) is 3.77.